The second kappa shape index (κ2) is 2.82. The smallest absolute Gasteiger partial charge is 0.246 e. The van der Waals surface area contributed by atoms with E-state index in [-0.39, 0.29) is 18.6 Å². The van der Waals surface area contributed by atoms with Crippen molar-refractivity contribution in [1.82, 2.24) is 5.32 Å². The average molecular weight is 129 g/mol. The van der Waals surface area contributed by atoms with Crippen molar-refractivity contribution < 1.29 is 9.53 Å². The Bertz CT molecular complexity index is 114. The Morgan fingerprint density at radius 3 is 3.33 bits per heavy atom. The van der Waals surface area contributed by atoms with Gasteiger partial charge in [-0.05, 0) is 13.3 Å². The number of amides is 1. The van der Waals surface area contributed by atoms with E-state index >= 15 is 0 Å². The third kappa shape index (κ3) is 2.01. The van der Waals surface area contributed by atoms with Gasteiger partial charge in [-0.25, -0.2) is 0 Å². The highest BCUT2D eigenvalue weighted by molar-refractivity contribution is 5.77. The minimum atomic E-state index is -0.000602. The van der Waals surface area contributed by atoms with Crippen LogP contribution in [-0.2, 0) is 9.53 Å². The fraction of sp³-hybridized carbons (Fsp3) is 0.833. The summed E-state index contributed by atoms with van der Waals surface area (Å²) >= 11 is 0. The third-order valence-corrected chi connectivity index (χ3v) is 1.37. The first-order valence-corrected chi connectivity index (χ1v) is 3.17. The molecule has 1 fully saturated rings. The molecular formula is C6H11NO2. The monoisotopic (exact) mass is 129 g/mol. The summed E-state index contributed by atoms with van der Waals surface area (Å²) in [6.07, 6.45) is 1.15. The van der Waals surface area contributed by atoms with Crippen LogP contribution in [0.3, 0.4) is 0 Å². The van der Waals surface area contributed by atoms with Crippen LogP contribution in [0.4, 0.5) is 0 Å². The van der Waals surface area contributed by atoms with E-state index < -0.39 is 0 Å². The van der Waals surface area contributed by atoms with Gasteiger partial charge < -0.3 is 10.1 Å². The molecule has 1 rings (SSSR count). The lowest BCUT2D eigenvalue weighted by atomic mass is 10.3. The van der Waals surface area contributed by atoms with Gasteiger partial charge in [0, 0.05) is 6.54 Å². The molecule has 1 atom stereocenters. The second-order valence-corrected chi connectivity index (χ2v) is 2.26. The predicted molar refractivity (Wildman–Crippen MR) is 33.0 cm³/mol. The van der Waals surface area contributed by atoms with Crippen LogP contribution in [0, 0.1) is 0 Å². The average Bonchev–Trinajstić information content (AvgIpc) is 1.97. The minimum Gasteiger partial charge on any atom is -0.369 e. The molecule has 0 radical (unpaired) electrons. The molecule has 1 aliphatic rings. The van der Waals surface area contributed by atoms with Crippen molar-refractivity contribution in [2.75, 3.05) is 13.2 Å². The van der Waals surface area contributed by atoms with Crippen LogP contribution in [0.2, 0.25) is 0 Å². The minimum absolute atomic E-state index is 0.000602. The molecule has 0 aromatic carbocycles. The van der Waals surface area contributed by atoms with Gasteiger partial charge in [0.15, 0.2) is 0 Å². The molecule has 1 unspecified atom stereocenters. The molecule has 0 aromatic rings. The lowest BCUT2D eigenvalue weighted by Crippen LogP contribution is -2.24. The number of carbonyl (C=O) groups excluding carboxylic acids is 1. The number of hydrogen-bond donors (Lipinski definition) is 1. The van der Waals surface area contributed by atoms with Crippen LogP contribution in [0.15, 0.2) is 0 Å². The molecule has 0 aliphatic carbocycles. The van der Waals surface area contributed by atoms with E-state index in [1.807, 2.05) is 6.92 Å². The molecule has 52 valence electrons. The van der Waals surface area contributed by atoms with Crippen LogP contribution in [0.5, 0.6) is 0 Å². The molecule has 0 bridgehead atoms. The maximum absolute atomic E-state index is 10.6. The summed E-state index contributed by atoms with van der Waals surface area (Å²) in [6.45, 7) is 2.95. The highest BCUT2D eigenvalue weighted by Gasteiger charge is 2.10. The van der Waals surface area contributed by atoms with Gasteiger partial charge in [-0.3, -0.25) is 4.79 Å². The van der Waals surface area contributed by atoms with Crippen molar-refractivity contribution in [3.05, 3.63) is 0 Å². The van der Waals surface area contributed by atoms with Crippen molar-refractivity contribution >= 4 is 5.91 Å². The highest BCUT2D eigenvalue weighted by atomic mass is 16.5. The summed E-state index contributed by atoms with van der Waals surface area (Å²) < 4.78 is 5.10. The third-order valence-electron chi connectivity index (χ3n) is 1.37. The van der Waals surface area contributed by atoms with E-state index in [1.165, 1.54) is 0 Å². The van der Waals surface area contributed by atoms with Crippen LogP contribution < -0.4 is 5.32 Å². The first-order chi connectivity index (χ1) is 4.29. The molecule has 1 N–H and O–H groups in total. The number of ether oxygens (including phenoxy) is 1. The molecule has 3 nitrogen and oxygen atoms in total. The lowest BCUT2D eigenvalue weighted by Gasteiger charge is -2.03. The Hall–Kier alpha value is -0.570. The molecular weight excluding hydrogens is 118 g/mol. The predicted octanol–water partition coefficient (Wildman–Crippen LogP) is -0.0886. The topological polar surface area (TPSA) is 38.3 Å². The van der Waals surface area contributed by atoms with Crippen molar-refractivity contribution in [3.8, 4) is 0 Å². The van der Waals surface area contributed by atoms with Gasteiger partial charge in [0.05, 0.1) is 6.10 Å². The van der Waals surface area contributed by atoms with E-state index in [0.717, 1.165) is 13.0 Å². The molecule has 0 aromatic heterocycles. The van der Waals surface area contributed by atoms with Crippen LogP contribution in [-0.4, -0.2) is 25.2 Å². The summed E-state index contributed by atoms with van der Waals surface area (Å²) in [5.41, 5.74) is 0. The summed E-state index contributed by atoms with van der Waals surface area (Å²) in [4.78, 5) is 10.6. The summed E-state index contributed by atoms with van der Waals surface area (Å²) in [5.74, 6) is -0.000602. The zero-order chi connectivity index (χ0) is 6.69. The number of hydrogen-bond acceptors (Lipinski definition) is 2. The van der Waals surface area contributed by atoms with Crippen molar-refractivity contribution in [2.24, 2.45) is 0 Å². The maximum Gasteiger partial charge on any atom is 0.246 e. The molecule has 1 amide bonds. The quantitative estimate of drug-likeness (QED) is 0.496. The molecule has 1 aliphatic heterocycles. The number of carbonyl (C=O) groups is 1. The van der Waals surface area contributed by atoms with Gasteiger partial charge in [-0.15, -0.1) is 0 Å². The van der Waals surface area contributed by atoms with E-state index in [9.17, 15) is 4.79 Å². The largest absolute Gasteiger partial charge is 0.369 e. The van der Waals surface area contributed by atoms with Crippen molar-refractivity contribution in [1.29, 1.82) is 0 Å². The molecule has 9 heavy (non-hydrogen) atoms. The molecule has 1 heterocycles. The molecule has 0 saturated carbocycles. The lowest BCUT2D eigenvalue weighted by molar-refractivity contribution is -0.125. The Kier molecular flexibility index (Phi) is 2.05. The van der Waals surface area contributed by atoms with Crippen LogP contribution in [0.1, 0.15) is 13.3 Å². The number of rotatable bonds is 0. The van der Waals surface area contributed by atoms with E-state index in [2.05, 4.69) is 5.32 Å². The van der Waals surface area contributed by atoms with Gasteiger partial charge in [-0.2, -0.15) is 0 Å². The Labute approximate surface area is 54.4 Å². The molecule has 1 saturated heterocycles. The van der Waals surface area contributed by atoms with E-state index in [0.29, 0.717) is 0 Å². The zero-order valence-corrected chi connectivity index (χ0v) is 5.52. The van der Waals surface area contributed by atoms with E-state index in [4.69, 9.17) is 4.74 Å². The van der Waals surface area contributed by atoms with Crippen LogP contribution in [0.25, 0.3) is 0 Å². The SMILES string of the molecule is CC1CCNC(=O)CO1. The number of nitrogens with one attached hydrogen (secondary N) is 1. The van der Waals surface area contributed by atoms with Crippen LogP contribution >= 0.6 is 0 Å². The van der Waals surface area contributed by atoms with Gasteiger partial charge >= 0.3 is 0 Å². The second-order valence-electron chi connectivity index (χ2n) is 2.26. The van der Waals surface area contributed by atoms with Gasteiger partial charge in [0.25, 0.3) is 0 Å². The fourth-order valence-corrected chi connectivity index (χ4v) is 0.767. The first-order valence-electron chi connectivity index (χ1n) is 3.17. The maximum atomic E-state index is 10.6. The van der Waals surface area contributed by atoms with Gasteiger partial charge in [-0.1, -0.05) is 0 Å². The standard InChI is InChI=1S/C6H11NO2/c1-5-2-3-7-6(8)4-9-5/h5H,2-4H2,1H3,(H,7,8). The first kappa shape index (κ1) is 6.55. The Morgan fingerprint density at radius 1 is 1.78 bits per heavy atom. The van der Waals surface area contributed by atoms with E-state index in [1.54, 1.807) is 0 Å². The van der Waals surface area contributed by atoms with Gasteiger partial charge in [0.1, 0.15) is 6.61 Å². The zero-order valence-electron chi connectivity index (χ0n) is 5.52. The Balaban J connectivity index is 2.34. The molecule has 0 spiro atoms. The molecule has 3 heteroatoms. The van der Waals surface area contributed by atoms with Crippen molar-refractivity contribution in [2.45, 2.75) is 19.4 Å². The fourth-order valence-electron chi connectivity index (χ4n) is 0.767. The summed E-state index contributed by atoms with van der Waals surface area (Å²) in [7, 11) is 0. The highest BCUT2D eigenvalue weighted by Crippen LogP contribution is 1.98. The summed E-state index contributed by atoms with van der Waals surface area (Å²) in [5, 5.41) is 2.71. The Morgan fingerprint density at radius 2 is 2.56 bits per heavy atom. The normalized spacial score (nSPS) is 29.0. The van der Waals surface area contributed by atoms with Crippen molar-refractivity contribution in [3.63, 3.8) is 0 Å². The van der Waals surface area contributed by atoms with Gasteiger partial charge in [0.2, 0.25) is 5.91 Å². The summed E-state index contributed by atoms with van der Waals surface area (Å²) in [6, 6.07) is 0.